The van der Waals surface area contributed by atoms with E-state index in [1.165, 1.54) is 12.1 Å². The molecule has 2 aromatic rings. The third-order valence-corrected chi connectivity index (χ3v) is 3.59. The van der Waals surface area contributed by atoms with E-state index < -0.39 is 6.10 Å². The summed E-state index contributed by atoms with van der Waals surface area (Å²) in [6, 6.07) is 10.1. The zero-order valence-electron chi connectivity index (χ0n) is 12.0. The van der Waals surface area contributed by atoms with Crippen molar-refractivity contribution >= 4 is 0 Å². The number of aliphatic hydroxyl groups is 1. The molecule has 106 valence electrons. The summed E-state index contributed by atoms with van der Waals surface area (Å²) in [5, 5.41) is 10.4. The first-order valence-corrected chi connectivity index (χ1v) is 6.59. The average molecular weight is 274 g/mol. The van der Waals surface area contributed by atoms with Gasteiger partial charge in [-0.3, -0.25) is 0 Å². The molecular formula is C17H19FO2. The molecule has 0 fully saturated rings. The monoisotopic (exact) mass is 274 g/mol. The van der Waals surface area contributed by atoms with Gasteiger partial charge >= 0.3 is 0 Å². The predicted molar refractivity (Wildman–Crippen MR) is 77.5 cm³/mol. The molecule has 0 aliphatic rings. The Morgan fingerprint density at radius 1 is 1.20 bits per heavy atom. The smallest absolute Gasteiger partial charge is 0.127 e. The lowest BCUT2D eigenvalue weighted by Crippen LogP contribution is -2.06. The summed E-state index contributed by atoms with van der Waals surface area (Å²) in [4.78, 5) is 0. The molecule has 2 rings (SSSR count). The van der Waals surface area contributed by atoms with E-state index in [0.29, 0.717) is 12.2 Å². The van der Waals surface area contributed by atoms with Crippen molar-refractivity contribution in [2.75, 3.05) is 7.11 Å². The van der Waals surface area contributed by atoms with E-state index in [0.717, 1.165) is 22.3 Å². The molecule has 0 radical (unpaired) electrons. The van der Waals surface area contributed by atoms with Crippen LogP contribution in [0.15, 0.2) is 36.4 Å². The van der Waals surface area contributed by atoms with Crippen LogP contribution >= 0.6 is 0 Å². The maximum atomic E-state index is 13.2. The lowest BCUT2D eigenvalue weighted by molar-refractivity contribution is 0.173. The summed E-state index contributed by atoms with van der Waals surface area (Å²) in [5.74, 6) is 0.413. The van der Waals surface area contributed by atoms with E-state index in [1.807, 2.05) is 26.0 Å². The number of aryl methyl sites for hydroxylation is 1. The van der Waals surface area contributed by atoms with Crippen LogP contribution in [-0.4, -0.2) is 12.2 Å². The van der Waals surface area contributed by atoms with Crippen molar-refractivity contribution in [1.29, 1.82) is 0 Å². The SMILES string of the molecule is COc1c(C(O)Cc2cccc(F)c2)ccc(C)c1C. The first-order chi connectivity index (χ1) is 9.52. The summed E-state index contributed by atoms with van der Waals surface area (Å²) in [6.07, 6.45) is -0.359. The third-order valence-electron chi connectivity index (χ3n) is 3.59. The van der Waals surface area contributed by atoms with Crippen LogP contribution < -0.4 is 4.74 Å². The van der Waals surface area contributed by atoms with Gasteiger partial charge in [-0.1, -0.05) is 24.3 Å². The highest BCUT2D eigenvalue weighted by Crippen LogP contribution is 2.32. The number of ether oxygens (including phenoxy) is 1. The Labute approximate surface area is 118 Å². The van der Waals surface area contributed by atoms with Gasteiger partial charge in [0.1, 0.15) is 11.6 Å². The quantitative estimate of drug-likeness (QED) is 0.920. The number of benzene rings is 2. The van der Waals surface area contributed by atoms with Gasteiger partial charge in [0.25, 0.3) is 0 Å². The van der Waals surface area contributed by atoms with Crippen molar-refractivity contribution in [3.63, 3.8) is 0 Å². The van der Waals surface area contributed by atoms with Crippen molar-refractivity contribution in [1.82, 2.24) is 0 Å². The molecule has 20 heavy (non-hydrogen) atoms. The Kier molecular flexibility index (Phi) is 4.40. The molecule has 0 saturated carbocycles. The highest BCUT2D eigenvalue weighted by atomic mass is 19.1. The van der Waals surface area contributed by atoms with E-state index >= 15 is 0 Å². The predicted octanol–water partition coefficient (Wildman–Crippen LogP) is 3.73. The normalized spacial score (nSPS) is 12.2. The molecule has 0 amide bonds. The van der Waals surface area contributed by atoms with Crippen LogP contribution in [0.5, 0.6) is 5.75 Å². The van der Waals surface area contributed by atoms with Crippen LogP contribution in [0.4, 0.5) is 4.39 Å². The van der Waals surface area contributed by atoms with Gasteiger partial charge in [-0.2, -0.15) is 0 Å². The fourth-order valence-electron chi connectivity index (χ4n) is 2.34. The molecule has 0 spiro atoms. The summed E-state index contributed by atoms with van der Waals surface area (Å²) < 4.78 is 18.6. The maximum Gasteiger partial charge on any atom is 0.127 e. The van der Waals surface area contributed by atoms with E-state index in [1.54, 1.807) is 19.2 Å². The first kappa shape index (κ1) is 14.5. The Morgan fingerprint density at radius 3 is 2.60 bits per heavy atom. The summed E-state index contributed by atoms with van der Waals surface area (Å²) in [7, 11) is 1.60. The minimum atomic E-state index is -0.717. The molecule has 0 saturated heterocycles. The Hall–Kier alpha value is -1.87. The van der Waals surface area contributed by atoms with Crippen LogP contribution in [0.2, 0.25) is 0 Å². The van der Waals surface area contributed by atoms with Crippen LogP contribution in [0, 0.1) is 19.7 Å². The maximum absolute atomic E-state index is 13.2. The molecule has 0 bridgehead atoms. The number of aliphatic hydroxyl groups excluding tert-OH is 1. The summed E-state index contributed by atoms with van der Waals surface area (Å²) >= 11 is 0. The average Bonchev–Trinajstić information content (AvgIpc) is 2.41. The molecule has 3 heteroatoms. The largest absolute Gasteiger partial charge is 0.496 e. The second kappa shape index (κ2) is 6.06. The van der Waals surface area contributed by atoms with Crippen molar-refractivity contribution in [3.05, 3.63) is 64.5 Å². The molecule has 0 aliphatic heterocycles. The highest BCUT2D eigenvalue weighted by molar-refractivity contribution is 5.46. The fraction of sp³-hybridized carbons (Fsp3) is 0.294. The Bertz CT molecular complexity index is 608. The molecule has 1 N–H and O–H groups in total. The van der Waals surface area contributed by atoms with E-state index in [-0.39, 0.29) is 5.82 Å². The minimum absolute atomic E-state index is 0.290. The van der Waals surface area contributed by atoms with Gasteiger partial charge in [-0.05, 0) is 42.7 Å². The van der Waals surface area contributed by atoms with Crippen molar-refractivity contribution in [2.24, 2.45) is 0 Å². The molecule has 0 aliphatic carbocycles. The van der Waals surface area contributed by atoms with Gasteiger partial charge in [0.05, 0.1) is 13.2 Å². The van der Waals surface area contributed by atoms with Gasteiger partial charge in [0.2, 0.25) is 0 Å². The van der Waals surface area contributed by atoms with E-state index in [4.69, 9.17) is 4.74 Å². The van der Waals surface area contributed by atoms with Crippen LogP contribution in [0.1, 0.15) is 28.4 Å². The van der Waals surface area contributed by atoms with E-state index in [2.05, 4.69) is 0 Å². The molecule has 2 nitrogen and oxygen atoms in total. The van der Waals surface area contributed by atoms with Crippen molar-refractivity contribution in [2.45, 2.75) is 26.4 Å². The number of hydrogen-bond donors (Lipinski definition) is 1. The van der Waals surface area contributed by atoms with Gasteiger partial charge in [-0.15, -0.1) is 0 Å². The van der Waals surface area contributed by atoms with Gasteiger partial charge < -0.3 is 9.84 Å². The van der Waals surface area contributed by atoms with Crippen LogP contribution in [-0.2, 0) is 6.42 Å². The molecule has 1 unspecified atom stereocenters. The van der Waals surface area contributed by atoms with Gasteiger partial charge in [-0.25, -0.2) is 4.39 Å². The Balaban J connectivity index is 2.29. The van der Waals surface area contributed by atoms with Gasteiger partial charge in [0.15, 0.2) is 0 Å². The summed E-state index contributed by atoms with van der Waals surface area (Å²) in [5.41, 5.74) is 3.63. The zero-order valence-corrected chi connectivity index (χ0v) is 12.0. The topological polar surface area (TPSA) is 29.5 Å². The Morgan fingerprint density at radius 2 is 1.95 bits per heavy atom. The minimum Gasteiger partial charge on any atom is -0.496 e. The molecule has 2 aromatic carbocycles. The second-order valence-electron chi connectivity index (χ2n) is 4.98. The summed E-state index contributed by atoms with van der Waals surface area (Å²) in [6.45, 7) is 3.97. The van der Waals surface area contributed by atoms with Crippen molar-refractivity contribution in [3.8, 4) is 5.75 Å². The second-order valence-corrected chi connectivity index (χ2v) is 4.98. The number of methoxy groups -OCH3 is 1. The third kappa shape index (κ3) is 2.99. The number of halogens is 1. The fourth-order valence-corrected chi connectivity index (χ4v) is 2.34. The molecule has 0 aromatic heterocycles. The lowest BCUT2D eigenvalue weighted by atomic mass is 9.96. The lowest BCUT2D eigenvalue weighted by Gasteiger charge is -2.18. The molecule has 0 heterocycles. The standard InChI is InChI=1S/C17H19FO2/c1-11-7-8-15(17(20-3)12(11)2)16(19)10-13-5-4-6-14(18)9-13/h4-9,16,19H,10H2,1-3H3. The van der Waals surface area contributed by atoms with Gasteiger partial charge in [0, 0.05) is 12.0 Å². The molecular weight excluding hydrogens is 255 g/mol. The van der Waals surface area contributed by atoms with Crippen LogP contribution in [0.25, 0.3) is 0 Å². The highest BCUT2D eigenvalue weighted by Gasteiger charge is 2.16. The van der Waals surface area contributed by atoms with E-state index in [9.17, 15) is 9.50 Å². The molecule has 1 atom stereocenters. The number of rotatable bonds is 4. The van der Waals surface area contributed by atoms with Crippen LogP contribution in [0.3, 0.4) is 0 Å². The number of hydrogen-bond acceptors (Lipinski definition) is 2. The first-order valence-electron chi connectivity index (χ1n) is 6.59. The van der Waals surface area contributed by atoms with Crippen molar-refractivity contribution < 1.29 is 14.2 Å². The zero-order chi connectivity index (χ0) is 14.7.